The monoisotopic (exact) mass is 467 g/mol. The van der Waals surface area contributed by atoms with Crippen LogP contribution in [0.15, 0.2) is 35.7 Å². The largest absolute Gasteiger partial charge is 0.392 e. The molecule has 2 aliphatic rings. The Morgan fingerprint density at radius 1 is 1.30 bits per heavy atom. The molecule has 8 nitrogen and oxygen atoms in total. The number of pyridine rings is 1. The van der Waals surface area contributed by atoms with E-state index in [1.54, 1.807) is 19.9 Å². The molecule has 0 radical (unpaired) electrons. The minimum atomic E-state index is -1.15. The number of halogens is 2. The molecule has 4 atom stereocenters. The summed E-state index contributed by atoms with van der Waals surface area (Å²) in [6, 6.07) is 6.07. The molecule has 1 saturated carbocycles. The van der Waals surface area contributed by atoms with Crippen molar-refractivity contribution in [3.05, 3.63) is 53.5 Å². The van der Waals surface area contributed by atoms with E-state index < -0.39 is 28.0 Å². The third kappa shape index (κ3) is 3.29. The maximum Gasteiger partial charge on any atom is 0.164 e. The van der Waals surface area contributed by atoms with Crippen LogP contribution < -0.4 is 11.1 Å². The number of benzene rings is 1. The molecule has 1 aromatic carbocycles. The number of anilines is 2. The molecule has 3 aromatic rings. The Labute approximate surface area is 192 Å². The van der Waals surface area contributed by atoms with Crippen LogP contribution in [0.1, 0.15) is 31.4 Å². The van der Waals surface area contributed by atoms with Crippen LogP contribution in [0.2, 0.25) is 0 Å². The quantitative estimate of drug-likeness (QED) is 0.532. The Morgan fingerprint density at radius 2 is 2.09 bits per heavy atom. The Bertz CT molecular complexity index is 1370. The van der Waals surface area contributed by atoms with Gasteiger partial charge < -0.3 is 16.2 Å². The molecular weight excluding hydrogens is 448 g/mol. The van der Waals surface area contributed by atoms with Gasteiger partial charge in [0.1, 0.15) is 17.9 Å². The van der Waals surface area contributed by atoms with Gasteiger partial charge in [0, 0.05) is 29.4 Å². The fraction of sp³-hybridized carbons (Fsp3) is 0.318. The number of aliphatic hydroxyl groups is 1. The summed E-state index contributed by atoms with van der Waals surface area (Å²) in [6.45, 7) is 3.38. The molecule has 33 heavy (non-hydrogen) atoms. The minimum Gasteiger partial charge on any atom is -0.392 e. The molecule has 0 amide bonds. The molecule has 5 rings (SSSR count). The molecule has 1 fully saturated rings. The number of hydrogen-bond donors (Lipinski definition) is 3. The maximum atomic E-state index is 15.1. The molecule has 11 heteroatoms. The highest BCUT2D eigenvalue weighted by molar-refractivity contribution is 8.15. The number of amidine groups is 1. The van der Waals surface area contributed by atoms with Crippen molar-refractivity contribution >= 4 is 39.5 Å². The molecule has 4 N–H and O–H groups in total. The minimum absolute atomic E-state index is 0.0406. The van der Waals surface area contributed by atoms with Crippen molar-refractivity contribution in [2.45, 2.75) is 36.7 Å². The topological polar surface area (TPSA) is 133 Å². The van der Waals surface area contributed by atoms with Crippen LogP contribution in [0.5, 0.6) is 0 Å². The summed E-state index contributed by atoms with van der Waals surface area (Å²) in [6.07, 6.45) is 2.57. The van der Waals surface area contributed by atoms with Gasteiger partial charge in [0.25, 0.3) is 0 Å². The van der Waals surface area contributed by atoms with E-state index in [4.69, 9.17) is 11.0 Å². The molecule has 1 aliphatic carbocycles. The van der Waals surface area contributed by atoms with Crippen LogP contribution in [0.25, 0.3) is 11.0 Å². The van der Waals surface area contributed by atoms with Crippen LogP contribution in [-0.4, -0.2) is 36.1 Å². The summed E-state index contributed by atoms with van der Waals surface area (Å²) in [5.74, 6) is -2.00. The van der Waals surface area contributed by atoms with E-state index in [1.165, 1.54) is 30.4 Å². The van der Waals surface area contributed by atoms with Crippen molar-refractivity contribution < 1.29 is 13.9 Å². The first-order valence-corrected chi connectivity index (χ1v) is 11.0. The van der Waals surface area contributed by atoms with E-state index in [0.29, 0.717) is 23.0 Å². The number of thioether (sulfide) groups is 1. The lowest BCUT2D eigenvalue weighted by molar-refractivity contribution is 0.169. The number of nitriles is 1. The number of aliphatic hydroxyl groups excluding tert-OH is 1. The summed E-state index contributed by atoms with van der Waals surface area (Å²) in [4.78, 5) is 17.0. The number of nitrogens with two attached hydrogens (primary N) is 1. The fourth-order valence-corrected chi connectivity index (χ4v) is 6.05. The van der Waals surface area contributed by atoms with Crippen LogP contribution in [0.3, 0.4) is 0 Å². The lowest BCUT2D eigenvalue weighted by atomic mass is 9.84. The van der Waals surface area contributed by atoms with Gasteiger partial charge in [0.2, 0.25) is 0 Å². The first kappa shape index (κ1) is 21.5. The van der Waals surface area contributed by atoms with E-state index in [0.717, 1.165) is 6.07 Å². The molecule has 1 unspecified atom stereocenters. The lowest BCUT2D eigenvalue weighted by Crippen LogP contribution is -2.40. The third-order valence-electron chi connectivity index (χ3n) is 6.42. The average Bonchev–Trinajstić information content (AvgIpc) is 3.53. The highest BCUT2D eigenvalue weighted by Crippen LogP contribution is 2.67. The van der Waals surface area contributed by atoms with Gasteiger partial charge in [0.15, 0.2) is 22.6 Å². The predicted molar refractivity (Wildman–Crippen MR) is 121 cm³/mol. The highest BCUT2D eigenvalue weighted by atomic mass is 32.2. The zero-order valence-electron chi connectivity index (χ0n) is 17.7. The fourth-order valence-electron chi connectivity index (χ4n) is 4.63. The van der Waals surface area contributed by atoms with Crippen LogP contribution >= 0.6 is 11.8 Å². The average molecular weight is 468 g/mol. The molecule has 0 bridgehead atoms. The standard InChI is InChI=1S/C22H19F2N7OS/c1-10(32)22-6-16(22)21(2,31-20(26)33-22)13-4-12(5-14(23)17(13)24)30-19-18-15(28-9-29-19)3-11(7-25)8-27-18/h3-5,8-10,16,32H,6H2,1-2H3,(H2,26,31)(H,28,29,30)/t10?,16-,21+,22+/m0/s1. The van der Waals surface area contributed by atoms with Gasteiger partial charge in [-0.15, -0.1) is 0 Å². The molecule has 0 saturated heterocycles. The smallest absolute Gasteiger partial charge is 0.164 e. The van der Waals surface area contributed by atoms with Gasteiger partial charge in [-0.2, -0.15) is 5.26 Å². The molecule has 0 spiro atoms. The number of nitrogens with zero attached hydrogens (tertiary/aromatic N) is 5. The van der Waals surface area contributed by atoms with Gasteiger partial charge in [-0.1, -0.05) is 11.8 Å². The second kappa shape index (κ2) is 7.33. The van der Waals surface area contributed by atoms with Crippen LogP contribution in [0, 0.1) is 28.9 Å². The van der Waals surface area contributed by atoms with Gasteiger partial charge >= 0.3 is 0 Å². The van der Waals surface area contributed by atoms with Gasteiger partial charge in [-0.3, -0.25) is 4.99 Å². The Hall–Kier alpha value is -3.36. The van der Waals surface area contributed by atoms with Gasteiger partial charge in [-0.05, 0) is 32.4 Å². The summed E-state index contributed by atoms with van der Waals surface area (Å²) < 4.78 is 29.2. The number of aliphatic imine (C=N–C) groups is 1. The van der Waals surface area contributed by atoms with Crippen LogP contribution in [-0.2, 0) is 5.54 Å². The second-order valence-corrected chi connectivity index (χ2v) is 9.84. The number of hydrogen-bond acceptors (Lipinski definition) is 9. The summed E-state index contributed by atoms with van der Waals surface area (Å²) in [5, 5.41) is 22.6. The van der Waals surface area contributed by atoms with Gasteiger partial charge in [0.05, 0.1) is 27.5 Å². The predicted octanol–water partition coefficient (Wildman–Crippen LogP) is 3.33. The van der Waals surface area contributed by atoms with E-state index in [2.05, 4.69) is 25.3 Å². The van der Waals surface area contributed by atoms with Crippen molar-refractivity contribution in [1.82, 2.24) is 15.0 Å². The summed E-state index contributed by atoms with van der Waals surface area (Å²) >= 11 is 1.29. The zero-order valence-corrected chi connectivity index (χ0v) is 18.5. The molecule has 2 aromatic heterocycles. The van der Waals surface area contributed by atoms with Crippen molar-refractivity contribution in [2.24, 2.45) is 16.6 Å². The lowest BCUT2D eigenvalue weighted by Gasteiger charge is -2.35. The van der Waals surface area contributed by atoms with Crippen molar-refractivity contribution in [2.75, 3.05) is 5.32 Å². The normalized spacial score (nSPS) is 26.8. The number of rotatable bonds is 4. The van der Waals surface area contributed by atoms with Crippen LogP contribution in [0.4, 0.5) is 20.3 Å². The molecular formula is C22H19F2N7OS. The Morgan fingerprint density at radius 3 is 2.82 bits per heavy atom. The highest BCUT2D eigenvalue weighted by Gasteiger charge is 2.68. The summed E-state index contributed by atoms with van der Waals surface area (Å²) in [7, 11) is 0. The SMILES string of the molecule is CC(O)[C@]12C[C@H]1[C@@](C)(c1cc(Nc3ncnc4cc(C#N)cnc34)cc(F)c1F)N=C(N)S2. The first-order chi connectivity index (χ1) is 15.7. The number of nitrogens with one attached hydrogen (secondary N) is 1. The maximum absolute atomic E-state index is 15.1. The van der Waals surface area contributed by atoms with Crippen molar-refractivity contribution in [3.63, 3.8) is 0 Å². The first-order valence-electron chi connectivity index (χ1n) is 10.2. The van der Waals surface area contributed by atoms with Crippen molar-refractivity contribution in [1.29, 1.82) is 5.26 Å². The van der Waals surface area contributed by atoms with E-state index >= 15 is 4.39 Å². The zero-order chi connectivity index (χ0) is 23.5. The van der Waals surface area contributed by atoms with Crippen molar-refractivity contribution in [3.8, 4) is 6.07 Å². The molecule has 3 heterocycles. The second-order valence-electron chi connectivity index (χ2n) is 8.46. The van der Waals surface area contributed by atoms with E-state index in [1.807, 2.05) is 6.07 Å². The molecule has 168 valence electrons. The molecule has 1 aliphatic heterocycles. The Balaban J connectivity index is 1.58. The van der Waals surface area contributed by atoms with E-state index in [9.17, 15) is 9.50 Å². The van der Waals surface area contributed by atoms with E-state index in [-0.39, 0.29) is 28.2 Å². The third-order valence-corrected chi connectivity index (χ3v) is 7.89. The Kier molecular flexibility index (Phi) is 4.77. The van der Waals surface area contributed by atoms with Gasteiger partial charge in [-0.25, -0.2) is 23.7 Å². The summed E-state index contributed by atoms with van der Waals surface area (Å²) in [5.41, 5.74) is 6.33. The number of aromatic nitrogens is 3. The number of fused-ring (bicyclic) bond motifs is 2.